The minimum Gasteiger partial charge on any atom is -0.325 e. The summed E-state index contributed by atoms with van der Waals surface area (Å²) in [6.45, 7) is 10.8. The van der Waals surface area contributed by atoms with Crippen molar-refractivity contribution in [3.63, 3.8) is 0 Å². The van der Waals surface area contributed by atoms with E-state index in [0.29, 0.717) is 0 Å². The van der Waals surface area contributed by atoms with Gasteiger partial charge >= 0.3 is 0 Å². The fraction of sp³-hybridized carbons (Fsp3) is 0.632. The summed E-state index contributed by atoms with van der Waals surface area (Å²) in [5.41, 5.74) is 4.59. The molecule has 122 valence electrons. The Kier molecular flexibility index (Phi) is 6.01. The topological polar surface area (TPSA) is 33.5 Å². The van der Waals surface area contributed by atoms with Crippen molar-refractivity contribution >= 4 is 11.6 Å². The summed E-state index contributed by atoms with van der Waals surface area (Å²) >= 11 is 0. The number of carbonyl (C=O) groups is 1. The van der Waals surface area contributed by atoms with E-state index in [9.17, 15) is 4.79 Å². The molecule has 1 aromatic rings. The van der Waals surface area contributed by atoms with Crippen LogP contribution in [0.3, 0.4) is 0 Å². The quantitative estimate of drug-likeness (QED) is 0.779. The molecule has 3 nitrogen and oxygen atoms in total. The van der Waals surface area contributed by atoms with Crippen LogP contribution in [0.15, 0.2) is 12.1 Å². The average Bonchev–Trinajstić information content (AvgIpc) is 2.91. The highest BCUT2D eigenvalue weighted by Gasteiger charge is 2.34. The fourth-order valence-electron chi connectivity index (χ4n) is 3.72. The van der Waals surface area contributed by atoms with E-state index in [1.807, 2.05) is 0 Å². The molecule has 1 saturated heterocycles. The Morgan fingerprint density at radius 2 is 1.91 bits per heavy atom. The molecular weight excluding hydrogens is 272 g/mol. The summed E-state index contributed by atoms with van der Waals surface area (Å²) in [5, 5.41) is 3.21. The second-order valence-corrected chi connectivity index (χ2v) is 6.82. The smallest absolute Gasteiger partial charge is 0.282 e. The lowest BCUT2D eigenvalue weighted by molar-refractivity contribution is -0.903. The molecule has 0 spiro atoms. The lowest BCUT2D eigenvalue weighted by atomic mass is 10.0. The molecule has 1 aliphatic rings. The zero-order chi connectivity index (χ0) is 16.1. The molecule has 22 heavy (non-hydrogen) atoms. The molecule has 0 aliphatic carbocycles. The van der Waals surface area contributed by atoms with Gasteiger partial charge in [0.2, 0.25) is 0 Å². The third-order valence-corrected chi connectivity index (χ3v) is 4.83. The van der Waals surface area contributed by atoms with Gasteiger partial charge in [-0.3, -0.25) is 4.79 Å². The van der Waals surface area contributed by atoms with Crippen LogP contribution in [0.25, 0.3) is 0 Å². The molecular formula is C19H31N2O+. The van der Waals surface area contributed by atoms with Crippen LogP contribution in [0.2, 0.25) is 0 Å². The molecule has 2 N–H and O–H groups in total. The number of carbonyl (C=O) groups excluding carboxylic acids is 1. The Hall–Kier alpha value is -1.35. The van der Waals surface area contributed by atoms with Gasteiger partial charge < -0.3 is 10.2 Å². The number of unbranched alkanes of at least 4 members (excludes halogenated alkanes) is 2. The van der Waals surface area contributed by atoms with Gasteiger partial charge in [-0.15, -0.1) is 0 Å². The first kappa shape index (κ1) is 17.0. The number of amides is 1. The molecule has 0 radical (unpaired) electrons. The van der Waals surface area contributed by atoms with Gasteiger partial charge in [-0.25, -0.2) is 0 Å². The molecule has 1 unspecified atom stereocenters. The number of hydrogen-bond donors (Lipinski definition) is 2. The molecule has 1 amide bonds. The van der Waals surface area contributed by atoms with E-state index in [1.165, 1.54) is 36.1 Å². The van der Waals surface area contributed by atoms with Crippen molar-refractivity contribution in [2.24, 2.45) is 0 Å². The second-order valence-electron chi connectivity index (χ2n) is 6.82. The standard InChI is InChI=1S/C19H30N2O/c1-5-6-7-10-21-11-8-9-17(21)19(22)20-18-15(3)12-14(2)13-16(18)4/h12-13,17H,5-11H2,1-4H3,(H,20,22)/p+1/t17-/m1/s1. The molecule has 0 aromatic heterocycles. The summed E-state index contributed by atoms with van der Waals surface area (Å²) in [6, 6.07) is 4.42. The first-order chi connectivity index (χ1) is 10.5. The zero-order valence-corrected chi connectivity index (χ0v) is 14.6. The van der Waals surface area contributed by atoms with Crippen molar-refractivity contribution < 1.29 is 9.69 Å². The van der Waals surface area contributed by atoms with E-state index < -0.39 is 0 Å². The van der Waals surface area contributed by atoms with Gasteiger partial charge in [0.15, 0.2) is 6.04 Å². The van der Waals surface area contributed by atoms with Crippen LogP contribution in [0.5, 0.6) is 0 Å². The maximum Gasteiger partial charge on any atom is 0.282 e. The van der Waals surface area contributed by atoms with Gasteiger partial charge in [0.25, 0.3) is 5.91 Å². The van der Waals surface area contributed by atoms with Gasteiger partial charge in [-0.2, -0.15) is 0 Å². The Bertz CT molecular complexity index is 501. The maximum absolute atomic E-state index is 12.7. The zero-order valence-electron chi connectivity index (χ0n) is 14.6. The Morgan fingerprint density at radius 3 is 2.55 bits per heavy atom. The fourth-order valence-corrected chi connectivity index (χ4v) is 3.72. The van der Waals surface area contributed by atoms with Gasteiger partial charge in [0.05, 0.1) is 13.1 Å². The van der Waals surface area contributed by atoms with Crippen molar-refractivity contribution in [1.29, 1.82) is 0 Å². The molecule has 0 bridgehead atoms. The van der Waals surface area contributed by atoms with Crippen LogP contribution in [-0.4, -0.2) is 25.0 Å². The minimum absolute atomic E-state index is 0.136. The van der Waals surface area contributed by atoms with Crippen molar-refractivity contribution in [3.8, 4) is 0 Å². The van der Waals surface area contributed by atoms with E-state index in [1.54, 1.807) is 0 Å². The molecule has 2 atom stereocenters. The number of aryl methyl sites for hydroxylation is 3. The highest BCUT2D eigenvalue weighted by molar-refractivity contribution is 5.95. The van der Waals surface area contributed by atoms with Crippen LogP contribution in [0.1, 0.15) is 55.7 Å². The summed E-state index contributed by atoms with van der Waals surface area (Å²) in [4.78, 5) is 14.2. The van der Waals surface area contributed by atoms with Crippen LogP contribution in [-0.2, 0) is 4.79 Å². The molecule has 1 fully saturated rings. The summed E-state index contributed by atoms with van der Waals surface area (Å²) < 4.78 is 0. The Morgan fingerprint density at radius 1 is 1.23 bits per heavy atom. The summed E-state index contributed by atoms with van der Waals surface area (Å²) in [6.07, 6.45) is 5.95. The molecule has 1 aromatic carbocycles. The van der Waals surface area contributed by atoms with Crippen molar-refractivity contribution in [2.75, 3.05) is 18.4 Å². The van der Waals surface area contributed by atoms with Crippen LogP contribution >= 0.6 is 0 Å². The SMILES string of the molecule is CCCCC[NH+]1CCC[C@@H]1C(=O)Nc1c(C)cc(C)cc1C. The average molecular weight is 303 g/mol. The monoisotopic (exact) mass is 303 g/mol. The van der Waals surface area contributed by atoms with E-state index >= 15 is 0 Å². The van der Waals surface area contributed by atoms with E-state index in [2.05, 4.69) is 45.1 Å². The first-order valence-electron chi connectivity index (χ1n) is 8.76. The molecule has 3 heteroatoms. The summed E-state index contributed by atoms with van der Waals surface area (Å²) in [7, 11) is 0. The number of quaternary nitrogens is 1. The van der Waals surface area contributed by atoms with Crippen LogP contribution in [0, 0.1) is 20.8 Å². The predicted octanol–water partition coefficient (Wildman–Crippen LogP) is 2.79. The number of benzene rings is 1. The third kappa shape index (κ3) is 4.10. The highest BCUT2D eigenvalue weighted by atomic mass is 16.2. The molecule has 1 aliphatic heterocycles. The van der Waals surface area contributed by atoms with E-state index in [0.717, 1.165) is 36.3 Å². The van der Waals surface area contributed by atoms with Gasteiger partial charge in [0, 0.05) is 18.5 Å². The summed E-state index contributed by atoms with van der Waals surface area (Å²) in [5.74, 6) is 0.207. The number of nitrogens with one attached hydrogen (secondary N) is 2. The van der Waals surface area contributed by atoms with Crippen molar-refractivity contribution in [3.05, 3.63) is 28.8 Å². The second kappa shape index (κ2) is 7.77. The lowest BCUT2D eigenvalue weighted by Gasteiger charge is -2.22. The number of rotatable bonds is 6. The van der Waals surface area contributed by atoms with Crippen molar-refractivity contribution in [2.45, 2.75) is 65.8 Å². The number of likely N-dealkylation sites (tertiary alicyclic amines) is 1. The van der Waals surface area contributed by atoms with Crippen LogP contribution < -0.4 is 10.2 Å². The lowest BCUT2D eigenvalue weighted by Crippen LogP contribution is -3.14. The Labute approximate surface area is 135 Å². The molecule has 1 heterocycles. The maximum atomic E-state index is 12.7. The highest BCUT2D eigenvalue weighted by Crippen LogP contribution is 2.22. The largest absolute Gasteiger partial charge is 0.325 e. The van der Waals surface area contributed by atoms with Crippen LogP contribution in [0.4, 0.5) is 5.69 Å². The van der Waals surface area contributed by atoms with Gasteiger partial charge in [0.1, 0.15) is 0 Å². The number of anilines is 1. The van der Waals surface area contributed by atoms with Crippen molar-refractivity contribution in [1.82, 2.24) is 0 Å². The first-order valence-corrected chi connectivity index (χ1v) is 8.76. The van der Waals surface area contributed by atoms with Gasteiger partial charge in [-0.05, 0) is 44.7 Å². The number of hydrogen-bond acceptors (Lipinski definition) is 1. The van der Waals surface area contributed by atoms with E-state index in [4.69, 9.17) is 0 Å². The van der Waals surface area contributed by atoms with Gasteiger partial charge in [-0.1, -0.05) is 31.0 Å². The molecule has 0 saturated carbocycles. The minimum atomic E-state index is 0.136. The normalized spacial score (nSPS) is 21.1. The van der Waals surface area contributed by atoms with E-state index in [-0.39, 0.29) is 11.9 Å². The Balaban J connectivity index is 2.02. The third-order valence-electron chi connectivity index (χ3n) is 4.83. The predicted molar refractivity (Wildman–Crippen MR) is 92.5 cm³/mol. The molecule has 2 rings (SSSR count).